The maximum absolute atomic E-state index is 13.6. The van der Waals surface area contributed by atoms with Crippen LogP contribution in [0.5, 0.6) is 5.88 Å². The third-order valence-corrected chi connectivity index (χ3v) is 3.60. The summed E-state index contributed by atoms with van der Waals surface area (Å²) in [7, 11) is 0. The number of urea groups is 1. The maximum Gasteiger partial charge on any atom is 0.322 e. The van der Waals surface area contributed by atoms with Gasteiger partial charge < -0.3 is 15.0 Å². The number of benzene rings is 1. The van der Waals surface area contributed by atoms with Crippen molar-refractivity contribution < 1.29 is 13.9 Å². The van der Waals surface area contributed by atoms with Gasteiger partial charge in [-0.05, 0) is 12.1 Å². The zero-order valence-corrected chi connectivity index (χ0v) is 12.6. The number of halogens is 1. The van der Waals surface area contributed by atoms with E-state index in [1.165, 1.54) is 29.4 Å². The Balaban J connectivity index is 1.60. The summed E-state index contributed by atoms with van der Waals surface area (Å²) < 4.78 is 19.2. The van der Waals surface area contributed by atoms with Crippen LogP contribution in [0.15, 0.2) is 36.7 Å². The molecule has 1 aromatic carbocycles. The molecule has 0 spiro atoms. The second kappa shape index (κ2) is 6.91. The molecule has 2 aromatic rings. The molecule has 1 unspecified atom stereocenters. The van der Waals surface area contributed by atoms with Gasteiger partial charge in [-0.1, -0.05) is 12.1 Å². The second-order valence-electron chi connectivity index (χ2n) is 5.21. The van der Waals surface area contributed by atoms with E-state index in [-0.39, 0.29) is 23.4 Å². The van der Waals surface area contributed by atoms with Crippen molar-refractivity contribution in [3.63, 3.8) is 0 Å². The summed E-state index contributed by atoms with van der Waals surface area (Å²) in [5.41, 5.74) is 0.235. The highest BCUT2D eigenvalue weighted by Crippen LogP contribution is 2.20. The molecular formula is C16H14FN5O2. The molecule has 7 nitrogen and oxygen atoms in total. The number of anilines is 1. The lowest BCUT2D eigenvalue weighted by Crippen LogP contribution is -2.34. The molecule has 2 amide bonds. The topological polar surface area (TPSA) is 91.1 Å². The predicted octanol–water partition coefficient (Wildman–Crippen LogP) is 2.17. The fourth-order valence-corrected chi connectivity index (χ4v) is 2.41. The standard InChI is InChI=1S/C16H14FN5O2/c17-12-3-1-2-4-13(12)21-16(23)22-8-5-11(10-22)24-15-14(9-18)19-6-7-20-15/h1-4,6-7,11H,5,8,10H2,(H,21,23). The largest absolute Gasteiger partial charge is 0.470 e. The summed E-state index contributed by atoms with van der Waals surface area (Å²) in [6.07, 6.45) is 3.15. The molecular weight excluding hydrogens is 313 g/mol. The zero-order chi connectivity index (χ0) is 16.9. The first-order chi connectivity index (χ1) is 11.7. The van der Waals surface area contributed by atoms with Crippen molar-refractivity contribution in [2.75, 3.05) is 18.4 Å². The number of ether oxygens (including phenoxy) is 1. The summed E-state index contributed by atoms with van der Waals surface area (Å²) >= 11 is 0. The number of amides is 2. The van der Waals surface area contributed by atoms with Gasteiger partial charge >= 0.3 is 6.03 Å². The molecule has 1 aliphatic rings. The van der Waals surface area contributed by atoms with Gasteiger partial charge in [0.1, 0.15) is 18.0 Å². The Kier molecular flexibility index (Phi) is 4.52. The Morgan fingerprint density at radius 1 is 1.38 bits per heavy atom. The number of carbonyl (C=O) groups is 1. The average molecular weight is 327 g/mol. The SMILES string of the molecule is N#Cc1nccnc1OC1CCN(C(=O)Nc2ccccc2F)C1. The molecule has 24 heavy (non-hydrogen) atoms. The number of nitrogens with one attached hydrogen (secondary N) is 1. The molecule has 0 aliphatic carbocycles. The van der Waals surface area contributed by atoms with Crippen LogP contribution in [0.3, 0.4) is 0 Å². The molecule has 3 rings (SSSR count). The fourth-order valence-electron chi connectivity index (χ4n) is 2.41. The Hall–Kier alpha value is -3.21. The van der Waals surface area contributed by atoms with Gasteiger partial charge in [0.25, 0.3) is 5.88 Å². The van der Waals surface area contributed by atoms with E-state index < -0.39 is 11.8 Å². The summed E-state index contributed by atoms with van der Waals surface area (Å²) in [6.45, 7) is 0.787. The van der Waals surface area contributed by atoms with Crippen LogP contribution >= 0.6 is 0 Å². The van der Waals surface area contributed by atoms with E-state index in [1.54, 1.807) is 12.1 Å². The van der Waals surface area contributed by atoms with Crippen molar-refractivity contribution >= 4 is 11.7 Å². The number of nitrogens with zero attached hydrogens (tertiary/aromatic N) is 4. The lowest BCUT2D eigenvalue weighted by molar-refractivity contribution is 0.189. The van der Waals surface area contributed by atoms with E-state index >= 15 is 0 Å². The number of para-hydroxylation sites is 1. The first kappa shape index (κ1) is 15.7. The average Bonchev–Trinajstić information content (AvgIpc) is 3.06. The minimum absolute atomic E-state index is 0.103. The van der Waals surface area contributed by atoms with Crippen molar-refractivity contribution in [2.45, 2.75) is 12.5 Å². The zero-order valence-electron chi connectivity index (χ0n) is 12.6. The molecule has 1 saturated heterocycles. The highest BCUT2D eigenvalue weighted by atomic mass is 19.1. The fraction of sp³-hybridized carbons (Fsp3) is 0.250. The van der Waals surface area contributed by atoms with Crippen molar-refractivity contribution in [1.82, 2.24) is 14.9 Å². The van der Waals surface area contributed by atoms with E-state index in [9.17, 15) is 9.18 Å². The van der Waals surface area contributed by atoms with Gasteiger partial charge in [-0.15, -0.1) is 0 Å². The molecule has 1 aliphatic heterocycles. The first-order valence-electron chi connectivity index (χ1n) is 7.35. The van der Waals surface area contributed by atoms with E-state index in [4.69, 9.17) is 10.00 Å². The van der Waals surface area contributed by atoms with Crippen LogP contribution < -0.4 is 10.1 Å². The molecule has 1 fully saturated rings. The summed E-state index contributed by atoms with van der Waals surface area (Å²) in [4.78, 5) is 21.6. The second-order valence-corrected chi connectivity index (χ2v) is 5.21. The number of hydrogen-bond donors (Lipinski definition) is 1. The van der Waals surface area contributed by atoms with E-state index in [0.29, 0.717) is 19.5 Å². The lowest BCUT2D eigenvalue weighted by Gasteiger charge is -2.18. The van der Waals surface area contributed by atoms with E-state index in [0.717, 1.165) is 0 Å². The number of rotatable bonds is 3. The normalized spacial score (nSPS) is 16.5. The molecule has 1 N–H and O–H groups in total. The molecule has 1 atom stereocenters. The van der Waals surface area contributed by atoms with Gasteiger partial charge in [-0.3, -0.25) is 0 Å². The Bertz CT molecular complexity index is 792. The van der Waals surface area contributed by atoms with Gasteiger partial charge in [-0.25, -0.2) is 19.2 Å². The molecule has 0 radical (unpaired) electrons. The number of carbonyl (C=O) groups excluding carboxylic acids is 1. The Morgan fingerprint density at radius 3 is 2.96 bits per heavy atom. The van der Waals surface area contributed by atoms with Crippen LogP contribution in [0.4, 0.5) is 14.9 Å². The molecule has 0 saturated carbocycles. The third-order valence-electron chi connectivity index (χ3n) is 3.60. The molecule has 0 bridgehead atoms. The minimum Gasteiger partial charge on any atom is -0.470 e. The summed E-state index contributed by atoms with van der Waals surface area (Å²) in [6, 6.07) is 7.49. The third kappa shape index (κ3) is 3.41. The van der Waals surface area contributed by atoms with Crippen molar-refractivity contribution in [3.8, 4) is 11.9 Å². The number of aromatic nitrogens is 2. The Labute approximate surface area is 137 Å². The highest BCUT2D eigenvalue weighted by Gasteiger charge is 2.29. The van der Waals surface area contributed by atoms with Crippen LogP contribution in [0.2, 0.25) is 0 Å². The van der Waals surface area contributed by atoms with E-state index in [1.807, 2.05) is 6.07 Å². The summed E-state index contributed by atoms with van der Waals surface area (Å²) in [5, 5.41) is 11.5. The van der Waals surface area contributed by atoms with Gasteiger partial charge in [-0.2, -0.15) is 5.26 Å². The van der Waals surface area contributed by atoms with Crippen LogP contribution in [0, 0.1) is 17.1 Å². The lowest BCUT2D eigenvalue weighted by atomic mass is 10.3. The Morgan fingerprint density at radius 2 is 2.17 bits per heavy atom. The minimum atomic E-state index is -0.490. The number of hydrogen-bond acceptors (Lipinski definition) is 5. The molecule has 2 heterocycles. The van der Waals surface area contributed by atoms with Crippen LogP contribution in [-0.4, -0.2) is 40.1 Å². The van der Waals surface area contributed by atoms with Crippen molar-refractivity contribution in [1.29, 1.82) is 5.26 Å². The molecule has 1 aromatic heterocycles. The molecule has 122 valence electrons. The van der Waals surface area contributed by atoms with Gasteiger partial charge in [0.2, 0.25) is 5.69 Å². The first-order valence-corrected chi connectivity index (χ1v) is 7.35. The van der Waals surface area contributed by atoms with Gasteiger partial charge in [0, 0.05) is 25.4 Å². The van der Waals surface area contributed by atoms with Crippen molar-refractivity contribution in [2.24, 2.45) is 0 Å². The van der Waals surface area contributed by atoms with E-state index in [2.05, 4.69) is 15.3 Å². The van der Waals surface area contributed by atoms with Crippen LogP contribution in [0.25, 0.3) is 0 Å². The summed E-state index contributed by atoms with van der Waals surface area (Å²) in [5.74, 6) is -0.336. The monoisotopic (exact) mass is 327 g/mol. The maximum atomic E-state index is 13.6. The van der Waals surface area contributed by atoms with Crippen molar-refractivity contribution in [3.05, 3.63) is 48.2 Å². The predicted molar refractivity (Wildman–Crippen MR) is 82.8 cm³/mol. The van der Waals surface area contributed by atoms with Crippen LogP contribution in [0.1, 0.15) is 12.1 Å². The van der Waals surface area contributed by atoms with Gasteiger partial charge in [0.15, 0.2) is 0 Å². The highest BCUT2D eigenvalue weighted by molar-refractivity contribution is 5.89. The number of nitriles is 1. The quantitative estimate of drug-likeness (QED) is 0.933. The smallest absolute Gasteiger partial charge is 0.322 e. The molecule has 8 heteroatoms. The van der Waals surface area contributed by atoms with Crippen LogP contribution in [-0.2, 0) is 0 Å². The van der Waals surface area contributed by atoms with Gasteiger partial charge in [0.05, 0.1) is 12.2 Å². The number of likely N-dealkylation sites (tertiary alicyclic amines) is 1.